The third kappa shape index (κ3) is 4.48. The summed E-state index contributed by atoms with van der Waals surface area (Å²) in [5.74, 6) is 0.117. The molecule has 1 aromatic rings. The SMILES string of the molecule is CNCC(C)CNS(=O)(=O)c1cc(C)c(C)c([N+](=O)[O-])c1. The Morgan fingerprint density at radius 3 is 2.43 bits per heavy atom. The molecule has 0 aliphatic rings. The van der Waals surface area contributed by atoms with Crippen molar-refractivity contribution in [1.82, 2.24) is 10.0 Å². The molecule has 21 heavy (non-hydrogen) atoms. The number of nitro benzene ring substituents is 1. The Balaban J connectivity index is 3.06. The smallest absolute Gasteiger partial charge is 0.273 e. The zero-order chi connectivity index (χ0) is 16.2. The van der Waals surface area contributed by atoms with Gasteiger partial charge in [-0.1, -0.05) is 6.92 Å². The van der Waals surface area contributed by atoms with Crippen LogP contribution in [-0.4, -0.2) is 33.5 Å². The highest BCUT2D eigenvalue weighted by Gasteiger charge is 2.21. The number of benzene rings is 1. The molecule has 2 N–H and O–H groups in total. The third-order valence-electron chi connectivity index (χ3n) is 3.29. The summed E-state index contributed by atoms with van der Waals surface area (Å²) in [6.07, 6.45) is 0. The largest absolute Gasteiger partial charge is 0.319 e. The van der Waals surface area contributed by atoms with Crippen molar-refractivity contribution in [3.05, 3.63) is 33.4 Å². The van der Waals surface area contributed by atoms with Crippen molar-refractivity contribution in [3.8, 4) is 0 Å². The van der Waals surface area contributed by atoms with Crippen molar-refractivity contribution in [2.24, 2.45) is 5.92 Å². The van der Waals surface area contributed by atoms with Gasteiger partial charge in [0, 0.05) is 18.2 Å². The minimum Gasteiger partial charge on any atom is -0.319 e. The Morgan fingerprint density at radius 2 is 1.90 bits per heavy atom. The molecule has 0 saturated carbocycles. The number of rotatable bonds is 7. The van der Waals surface area contributed by atoms with E-state index in [0.29, 0.717) is 17.7 Å². The summed E-state index contributed by atoms with van der Waals surface area (Å²) in [4.78, 5) is 10.3. The normalized spacial score (nSPS) is 13.1. The van der Waals surface area contributed by atoms with Crippen molar-refractivity contribution < 1.29 is 13.3 Å². The van der Waals surface area contributed by atoms with Crippen LogP contribution < -0.4 is 10.0 Å². The van der Waals surface area contributed by atoms with Crippen molar-refractivity contribution in [2.45, 2.75) is 25.7 Å². The maximum absolute atomic E-state index is 12.2. The van der Waals surface area contributed by atoms with Gasteiger partial charge in [-0.25, -0.2) is 13.1 Å². The molecule has 0 spiro atoms. The molecule has 1 aromatic carbocycles. The number of hydrogen-bond donors (Lipinski definition) is 2. The van der Waals surface area contributed by atoms with E-state index in [0.717, 1.165) is 6.07 Å². The summed E-state index contributed by atoms with van der Waals surface area (Å²) in [5, 5.41) is 13.9. The first-order valence-corrected chi connectivity index (χ1v) is 8.07. The van der Waals surface area contributed by atoms with E-state index in [2.05, 4.69) is 10.0 Å². The lowest BCUT2D eigenvalue weighted by Crippen LogP contribution is -2.32. The number of nitro groups is 1. The van der Waals surface area contributed by atoms with Gasteiger partial charge in [0.05, 0.1) is 9.82 Å². The maximum Gasteiger partial charge on any atom is 0.273 e. The molecule has 118 valence electrons. The van der Waals surface area contributed by atoms with Crippen LogP contribution in [0.15, 0.2) is 17.0 Å². The number of nitrogens with zero attached hydrogens (tertiary/aromatic N) is 1. The maximum atomic E-state index is 12.2. The lowest BCUT2D eigenvalue weighted by atomic mass is 10.1. The van der Waals surface area contributed by atoms with Gasteiger partial charge in [0.15, 0.2) is 0 Å². The lowest BCUT2D eigenvalue weighted by molar-refractivity contribution is -0.385. The number of hydrogen-bond acceptors (Lipinski definition) is 5. The van der Waals surface area contributed by atoms with Gasteiger partial charge in [0.25, 0.3) is 5.69 Å². The van der Waals surface area contributed by atoms with Gasteiger partial charge in [-0.05, 0) is 45.0 Å². The molecular formula is C13H21N3O4S. The Morgan fingerprint density at radius 1 is 1.29 bits per heavy atom. The van der Waals surface area contributed by atoms with E-state index in [1.165, 1.54) is 6.07 Å². The van der Waals surface area contributed by atoms with Crippen LogP contribution in [0.25, 0.3) is 0 Å². The number of nitrogens with one attached hydrogen (secondary N) is 2. The minimum atomic E-state index is -3.75. The summed E-state index contributed by atoms with van der Waals surface area (Å²) >= 11 is 0. The number of sulfonamides is 1. The quantitative estimate of drug-likeness (QED) is 0.584. The molecule has 0 aliphatic heterocycles. The van der Waals surface area contributed by atoms with Gasteiger partial charge in [0.1, 0.15) is 0 Å². The molecule has 0 heterocycles. The molecule has 0 radical (unpaired) electrons. The fourth-order valence-electron chi connectivity index (χ4n) is 1.91. The Hall–Kier alpha value is -1.51. The monoisotopic (exact) mass is 315 g/mol. The van der Waals surface area contributed by atoms with Crippen LogP contribution >= 0.6 is 0 Å². The third-order valence-corrected chi connectivity index (χ3v) is 4.70. The van der Waals surface area contributed by atoms with Crippen LogP contribution in [-0.2, 0) is 10.0 Å². The molecule has 8 heteroatoms. The molecule has 0 saturated heterocycles. The summed E-state index contributed by atoms with van der Waals surface area (Å²) in [7, 11) is -1.96. The van der Waals surface area contributed by atoms with E-state index < -0.39 is 14.9 Å². The highest BCUT2D eigenvalue weighted by Crippen LogP contribution is 2.25. The second kappa shape index (κ2) is 6.97. The highest BCUT2D eigenvalue weighted by molar-refractivity contribution is 7.89. The second-order valence-corrected chi connectivity index (χ2v) is 6.92. The van der Waals surface area contributed by atoms with Crippen molar-refractivity contribution in [2.75, 3.05) is 20.1 Å². The summed E-state index contributed by atoms with van der Waals surface area (Å²) in [6.45, 7) is 6.11. The van der Waals surface area contributed by atoms with Crippen molar-refractivity contribution in [1.29, 1.82) is 0 Å². The summed E-state index contributed by atoms with van der Waals surface area (Å²) in [6, 6.07) is 2.56. The molecular weight excluding hydrogens is 294 g/mol. The highest BCUT2D eigenvalue weighted by atomic mass is 32.2. The first-order chi connectivity index (χ1) is 9.69. The summed E-state index contributed by atoms with van der Waals surface area (Å²) in [5.41, 5.74) is 0.869. The predicted molar refractivity (Wildman–Crippen MR) is 80.8 cm³/mol. The Bertz CT molecular complexity index is 629. The van der Waals surface area contributed by atoms with E-state index in [1.807, 2.05) is 6.92 Å². The molecule has 0 amide bonds. The molecule has 0 fully saturated rings. The van der Waals surface area contributed by atoms with Crippen LogP contribution in [0.4, 0.5) is 5.69 Å². The van der Waals surface area contributed by atoms with Crippen LogP contribution in [0.1, 0.15) is 18.1 Å². The zero-order valence-corrected chi connectivity index (χ0v) is 13.5. The fraction of sp³-hybridized carbons (Fsp3) is 0.538. The van der Waals surface area contributed by atoms with E-state index in [-0.39, 0.29) is 23.0 Å². The second-order valence-electron chi connectivity index (χ2n) is 5.16. The van der Waals surface area contributed by atoms with Crippen LogP contribution in [0.2, 0.25) is 0 Å². The molecule has 7 nitrogen and oxygen atoms in total. The minimum absolute atomic E-state index is 0.0750. The zero-order valence-electron chi connectivity index (χ0n) is 12.6. The summed E-state index contributed by atoms with van der Waals surface area (Å²) < 4.78 is 26.9. The molecule has 0 aromatic heterocycles. The fourth-order valence-corrected chi connectivity index (χ4v) is 3.18. The van der Waals surface area contributed by atoms with Gasteiger partial charge in [0.2, 0.25) is 10.0 Å². The van der Waals surface area contributed by atoms with Crippen LogP contribution in [0.5, 0.6) is 0 Å². The average Bonchev–Trinajstić information content (AvgIpc) is 2.39. The first-order valence-electron chi connectivity index (χ1n) is 6.59. The Kier molecular flexibility index (Phi) is 5.82. The van der Waals surface area contributed by atoms with Crippen molar-refractivity contribution in [3.63, 3.8) is 0 Å². The van der Waals surface area contributed by atoms with Gasteiger partial charge in [-0.3, -0.25) is 10.1 Å². The number of aryl methyl sites for hydroxylation is 1. The van der Waals surface area contributed by atoms with Crippen LogP contribution in [0.3, 0.4) is 0 Å². The molecule has 0 aliphatic carbocycles. The standard InChI is InChI=1S/C13H21N3O4S/c1-9(7-14-4)8-15-21(19,20)12-5-10(2)11(3)13(6-12)16(17)18/h5-6,9,14-15H,7-8H2,1-4H3. The van der Waals surface area contributed by atoms with E-state index in [9.17, 15) is 18.5 Å². The molecule has 0 bridgehead atoms. The van der Waals surface area contributed by atoms with Crippen LogP contribution in [0, 0.1) is 29.9 Å². The molecule has 1 atom stereocenters. The molecule has 1 unspecified atom stereocenters. The van der Waals surface area contributed by atoms with E-state index in [4.69, 9.17) is 0 Å². The van der Waals surface area contributed by atoms with Crippen molar-refractivity contribution >= 4 is 15.7 Å². The van der Waals surface area contributed by atoms with Gasteiger partial charge >= 0.3 is 0 Å². The topological polar surface area (TPSA) is 101 Å². The van der Waals surface area contributed by atoms with Gasteiger partial charge in [-0.15, -0.1) is 0 Å². The molecule has 1 rings (SSSR count). The van der Waals surface area contributed by atoms with Gasteiger partial charge in [-0.2, -0.15) is 0 Å². The van der Waals surface area contributed by atoms with E-state index >= 15 is 0 Å². The first kappa shape index (κ1) is 17.5. The predicted octanol–water partition coefficient (Wildman–Crippen LogP) is 1.35. The van der Waals surface area contributed by atoms with Gasteiger partial charge < -0.3 is 5.32 Å². The van der Waals surface area contributed by atoms with E-state index in [1.54, 1.807) is 20.9 Å². The Labute approximate surface area is 124 Å². The lowest BCUT2D eigenvalue weighted by Gasteiger charge is -2.13. The average molecular weight is 315 g/mol.